The van der Waals surface area contributed by atoms with Crippen molar-refractivity contribution in [1.82, 2.24) is 14.9 Å². The highest BCUT2D eigenvalue weighted by atomic mass is 16.2. The third-order valence-corrected chi connectivity index (χ3v) is 5.41. The molecule has 28 heavy (non-hydrogen) atoms. The van der Waals surface area contributed by atoms with Gasteiger partial charge in [0.25, 0.3) is 0 Å². The van der Waals surface area contributed by atoms with E-state index in [1.807, 2.05) is 43.0 Å². The van der Waals surface area contributed by atoms with Crippen LogP contribution in [0, 0.1) is 13.8 Å². The van der Waals surface area contributed by atoms with Gasteiger partial charge in [0.1, 0.15) is 5.82 Å². The van der Waals surface area contributed by atoms with Crippen LogP contribution in [0.5, 0.6) is 0 Å². The van der Waals surface area contributed by atoms with Crippen LogP contribution in [0.1, 0.15) is 24.1 Å². The molecular formula is C21H28N6O. The van der Waals surface area contributed by atoms with Crippen molar-refractivity contribution in [2.75, 3.05) is 54.4 Å². The van der Waals surface area contributed by atoms with Crippen LogP contribution in [0.3, 0.4) is 0 Å². The molecule has 0 saturated carbocycles. The molecule has 0 unspecified atom stereocenters. The van der Waals surface area contributed by atoms with Crippen LogP contribution in [0.15, 0.2) is 30.3 Å². The van der Waals surface area contributed by atoms with E-state index in [9.17, 15) is 4.79 Å². The van der Waals surface area contributed by atoms with Gasteiger partial charge >= 0.3 is 6.03 Å². The van der Waals surface area contributed by atoms with Crippen LogP contribution in [-0.2, 0) is 0 Å². The van der Waals surface area contributed by atoms with Gasteiger partial charge in [0.15, 0.2) is 0 Å². The minimum atomic E-state index is -0.0496. The van der Waals surface area contributed by atoms with E-state index in [-0.39, 0.29) is 6.03 Å². The predicted octanol–water partition coefficient (Wildman–Crippen LogP) is 3.05. The minimum Gasteiger partial charge on any atom is -0.356 e. The number of amides is 2. The highest BCUT2D eigenvalue weighted by Crippen LogP contribution is 2.22. The first-order valence-corrected chi connectivity index (χ1v) is 10.1. The second-order valence-electron chi connectivity index (χ2n) is 7.63. The maximum Gasteiger partial charge on any atom is 0.321 e. The smallest absolute Gasteiger partial charge is 0.321 e. The van der Waals surface area contributed by atoms with Crippen molar-refractivity contribution in [3.63, 3.8) is 0 Å². The lowest BCUT2D eigenvalue weighted by atomic mass is 10.2. The zero-order chi connectivity index (χ0) is 19.5. The molecule has 0 aliphatic carbocycles. The quantitative estimate of drug-likeness (QED) is 0.887. The molecule has 2 fully saturated rings. The molecule has 0 atom stereocenters. The van der Waals surface area contributed by atoms with Crippen molar-refractivity contribution >= 4 is 23.5 Å². The van der Waals surface area contributed by atoms with E-state index in [1.165, 1.54) is 18.4 Å². The highest BCUT2D eigenvalue weighted by molar-refractivity contribution is 5.89. The number of aryl methyl sites for hydroxylation is 2. The summed E-state index contributed by atoms with van der Waals surface area (Å²) in [5, 5.41) is 2.98. The Morgan fingerprint density at radius 3 is 2.25 bits per heavy atom. The first-order valence-electron chi connectivity index (χ1n) is 10.1. The van der Waals surface area contributed by atoms with Crippen molar-refractivity contribution in [3.8, 4) is 0 Å². The van der Waals surface area contributed by atoms with Gasteiger partial charge < -0.3 is 20.0 Å². The molecule has 7 nitrogen and oxygen atoms in total. The Bertz CT molecular complexity index is 823. The second-order valence-corrected chi connectivity index (χ2v) is 7.63. The molecule has 0 radical (unpaired) electrons. The average Bonchev–Trinajstić information content (AvgIpc) is 3.24. The summed E-state index contributed by atoms with van der Waals surface area (Å²) in [4.78, 5) is 28.4. The number of aromatic nitrogens is 2. The van der Waals surface area contributed by atoms with Crippen molar-refractivity contribution in [3.05, 3.63) is 41.6 Å². The van der Waals surface area contributed by atoms with Crippen LogP contribution < -0.4 is 15.1 Å². The lowest BCUT2D eigenvalue weighted by molar-refractivity contribution is 0.208. The van der Waals surface area contributed by atoms with E-state index in [1.54, 1.807) is 0 Å². The number of hydrogen-bond acceptors (Lipinski definition) is 5. The minimum absolute atomic E-state index is 0.0496. The summed E-state index contributed by atoms with van der Waals surface area (Å²) in [5.41, 5.74) is 3.00. The largest absolute Gasteiger partial charge is 0.356 e. The molecule has 2 amide bonds. The second kappa shape index (κ2) is 8.04. The van der Waals surface area contributed by atoms with Crippen molar-refractivity contribution in [2.45, 2.75) is 26.7 Å². The Morgan fingerprint density at radius 2 is 1.57 bits per heavy atom. The molecule has 0 bridgehead atoms. The highest BCUT2D eigenvalue weighted by Gasteiger charge is 2.24. The first-order chi connectivity index (χ1) is 13.6. The molecule has 2 aliphatic heterocycles. The van der Waals surface area contributed by atoms with Crippen LogP contribution in [0.25, 0.3) is 0 Å². The van der Waals surface area contributed by atoms with Gasteiger partial charge in [-0.15, -0.1) is 0 Å². The zero-order valence-corrected chi connectivity index (χ0v) is 16.7. The van der Waals surface area contributed by atoms with Gasteiger partial charge in [0.2, 0.25) is 5.95 Å². The summed E-state index contributed by atoms with van der Waals surface area (Å²) < 4.78 is 0. The van der Waals surface area contributed by atoms with E-state index in [4.69, 9.17) is 4.98 Å². The fourth-order valence-electron chi connectivity index (χ4n) is 3.74. The number of carbonyl (C=O) groups is 1. The van der Waals surface area contributed by atoms with E-state index < -0.39 is 0 Å². The molecule has 148 valence electrons. The Kier molecular flexibility index (Phi) is 5.32. The normalized spacial score (nSPS) is 17.1. The van der Waals surface area contributed by atoms with Gasteiger partial charge in [-0.1, -0.05) is 17.7 Å². The van der Waals surface area contributed by atoms with Crippen LogP contribution in [0.2, 0.25) is 0 Å². The summed E-state index contributed by atoms with van der Waals surface area (Å²) >= 11 is 0. The third kappa shape index (κ3) is 4.18. The van der Waals surface area contributed by atoms with E-state index in [0.717, 1.165) is 49.3 Å². The summed E-state index contributed by atoms with van der Waals surface area (Å²) in [7, 11) is 0. The number of hydrogen-bond donors (Lipinski definition) is 1. The van der Waals surface area contributed by atoms with E-state index in [0.29, 0.717) is 13.1 Å². The maximum atomic E-state index is 12.5. The van der Waals surface area contributed by atoms with Crippen molar-refractivity contribution in [2.24, 2.45) is 0 Å². The molecule has 2 aromatic rings. The van der Waals surface area contributed by atoms with E-state index in [2.05, 4.69) is 26.2 Å². The lowest BCUT2D eigenvalue weighted by Gasteiger charge is -2.35. The van der Waals surface area contributed by atoms with Crippen LogP contribution in [0.4, 0.5) is 22.2 Å². The molecule has 4 rings (SSSR count). The number of benzene rings is 1. The number of piperazine rings is 1. The zero-order valence-electron chi connectivity index (χ0n) is 16.7. The monoisotopic (exact) mass is 380 g/mol. The van der Waals surface area contributed by atoms with Crippen molar-refractivity contribution < 1.29 is 4.79 Å². The average molecular weight is 380 g/mol. The predicted molar refractivity (Wildman–Crippen MR) is 112 cm³/mol. The van der Waals surface area contributed by atoms with Gasteiger partial charge in [-0.2, -0.15) is 4.98 Å². The van der Waals surface area contributed by atoms with Crippen LogP contribution in [-0.4, -0.2) is 60.2 Å². The first kappa shape index (κ1) is 18.5. The number of nitrogens with one attached hydrogen (secondary N) is 1. The molecular weight excluding hydrogens is 352 g/mol. The number of nitrogens with zero attached hydrogens (tertiary/aromatic N) is 5. The summed E-state index contributed by atoms with van der Waals surface area (Å²) in [6, 6.07) is 9.89. The number of carbonyl (C=O) groups excluding carboxylic acids is 1. The molecule has 0 spiro atoms. The Hall–Kier alpha value is -2.83. The van der Waals surface area contributed by atoms with Gasteiger partial charge in [-0.3, -0.25) is 0 Å². The summed E-state index contributed by atoms with van der Waals surface area (Å²) in [6.07, 6.45) is 2.46. The number of rotatable bonds is 3. The Balaban J connectivity index is 1.37. The standard InChI is InChI=1S/C21H28N6O/c1-16-5-7-18(8-6-16)23-21(28)27-13-11-26(12-14-27)20-22-17(2)15-19(24-20)25-9-3-4-10-25/h5-8,15H,3-4,9-14H2,1-2H3,(H,23,28). The lowest BCUT2D eigenvalue weighted by Crippen LogP contribution is -2.50. The van der Waals surface area contributed by atoms with Gasteiger partial charge in [-0.05, 0) is 38.8 Å². The Morgan fingerprint density at radius 1 is 0.893 bits per heavy atom. The molecule has 2 aliphatic rings. The van der Waals surface area contributed by atoms with Gasteiger partial charge in [-0.25, -0.2) is 9.78 Å². The molecule has 3 heterocycles. The summed E-state index contributed by atoms with van der Waals surface area (Å²) in [5.74, 6) is 1.81. The van der Waals surface area contributed by atoms with Gasteiger partial charge in [0, 0.05) is 56.7 Å². The molecule has 1 N–H and O–H groups in total. The van der Waals surface area contributed by atoms with Crippen molar-refractivity contribution in [1.29, 1.82) is 0 Å². The maximum absolute atomic E-state index is 12.5. The molecule has 1 aromatic heterocycles. The topological polar surface area (TPSA) is 64.6 Å². The fourth-order valence-corrected chi connectivity index (χ4v) is 3.74. The van der Waals surface area contributed by atoms with Gasteiger partial charge in [0.05, 0.1) is 0 Å². The summed E-state index contributed by atoms with van der Waals surface area (Å²) in [6.45, 7) is 9.01. The van der Waals surface area contributed by atoms with Crippen LogP contribution >= 0.6 is 0 Å². The Labute approximate surface area is 166 Å². The molecule has 2 saturated heterocycles. The number of anilines is 3. The number of urea groups is 1. The SMILES string of the molecule is Cc1ccc(NC(=O)N2CCN(c3nc(C)cc(N4CCCC4)n3)CC2)cc1. The fraction of sp³-hybridized carbons (Fsp3) is 0.476. The molecule has 1 aromatic carbocycles. The van der Waals surface area contributed by atoms with E-state index >= 15 is 0 Å². The third-order valence-electron chi connectivity index (χ3n) is 5.41. The molecule has 7 heteroatoms.